The van der Waals surface area contributed by atoms with Crippen molar-refractivity contribution >= 4 is 16.3 Å². The summed E-state index contributed by atoms with van der Waals surface area (Å²) >= 11 is 1.23. The average Bonchev–Trinajstić information content (AvgIpc) is 3.00. The molecule has 7 heteroatoms. The summed E-state index contributed by atoms with van der Waals surface area (Å²) in [5.41, 5.74) is 1.07. The highest BCUT2D eigenvalue weighted by atomic mass is 32.1. The normalized spacial score (nSPS) is 24.8. The van der Waals surface area contributed by atoms with E-state index in [0.717, 1.165) is 44.3 Å². The van der Waals surface area contributed by atoms with Crippen molar-refractivity contribution in [2.75, 3.05) is 46.3 Å². The van der Waals surface area contributed by atoms with E-state index in [1.54, 1.807) is 6.07 Å². The fourth-order valence-electron chi connectivity index (χ4n) is 3.60. The van der Waals surface area contributed by atoms with E-state index in [1.807, 2.05) is 5.38 Å². The Morgan fingerprint density at radius 1 is 1.22 bits per heavy atom. The van der Waals surface area contributed by atoms with Gasteiger partial charge in [0.05, 0.1) is 4.92 Å². The second-order valence-electron chi connectivity index (χ2n) is 6.76. The van der Waals surface area contributed by atoms with Gasteiger partial charge in [-0.25, -0.2) is 0 Å². The summed E-state index contributed by atoms with van der Waals surface area (Å²) in [7, 11) is 2.25. The van der Waals surface area contributed by atoms with Crippen LogP contribution in [0.4, 0.5) is 5.00 Å². The third kappa shape index (κ3) is 4.50. The van der Waals surface area contributed by atoms with E-state index in [9.17, 15) is 10.1 Å². The minimum atomic E-state index is -0.299. The zero-order valence-electron chi connectivity index (χ0n) is 13.8. The van der Waals surface area contributed by atoms with Crippen molar-refractivity contribution in [2.24, 2.45) is 0 Å². The Balaban J connectivity index is 1.43. The summed E-state index contributed by atoms with van der Waals surface area (Å²) in [6.07, 6.45) is 4.04. The van der Waals surface area contributed by atoms with Crippen LogP contribution in [0.15, 0.2) is 11.4 Å². The molecule has 3 heterocycles. The van der Waals surface area contributed by atoms with Crippen molar-refractivity contribution < 1.29 is 4.92 Å². The van der Waals surface area contributed by atoms with E-state index in [-0.39, 0.29) is 9.92 Å². The molecular weight excluding hydrogens is 312 g/mol. The van der Waals surface area contributed by atoms with Crippen molar-refractivity contribution in [1.29, 1.82) is 0 Å². The van der Waals surface area contributed by atoms with Gasteiger partial charge in [-0.05, 0) is 32.0 Å². The molecule has 2 aliphatic rings. The summed E-state index contributed by atoms with van der Waals surface area (Å²) in [6.45, 7) is 7.59. The van der Waals surface area contributed by atoms with E-state index in [4.69, 9.17) is 0 Å². The van der Waals surface area contributed by atoms with Crippen LogP contribution in [0.1, 0.15) is 24.8 Å². The average molecular weight is 338 g/mol. The molecule has 2 aliphatic heterocycles. The molecule has 3 rings (SSSR count). The zero-order valence-corrected chi connectivity index (χ0v) is 14.6. The van der Waals surface area contributed by atoms with Crippen LogP contribution in [0.2, 0.25) is 0 Å². The van der Waals surface area contributed by atoms with E-state index in [2.05, 4.69) is 21.7 Å². The van der Waals surface area contributed by atoms with Gasteiger partial charge in [0.25, 0.3) is 0 Å². The van der Waals surface area contributed by atoms with Crippen LogP contribution in [0.25, 0.3) is 0 Å². The van der Waals surface area contributed by atoms with Crippen LogP contribution < -0.4 is 0 Å². The number of nitrogens with zero attached hydrogens (tertiary/aromatic N) is 4. The molecule has 2 saturated heterocycles. The Morgan fingerprint density at radius 3 is 2.61 bits per heavy atom. The second-order valence-corrected chi connectivity index (χ2v) is 7.65. The van der Waals surface area contributed by atoms with E-state index in [1.165, 1.54) is 43.7 Å². The first-order chi connectivity index (χ1) is 11.1. The lowest BCUT2D eigenvalue weighted by Crippen LogP contribution is -2.51. The smallest absolute Gasteiger partial charge is 0.302 e. The lowest BCUT2D eigenvalue weighted by Gasteiger charge is -2.40. The first-order valence-electron chi connectivity index (χ1n) is 8.48. The topological polar surface area (TPSA) is 52.9 Å². The quantitative estimate of drug-likeness (QED) is 0.609. The number of thiophene rings is 1. The monoisotopic (exact) mass is 338 g/mol. The molecule has 1 aromatic rings. The molecule has 2 fully saturated rings. The van der Waals surface area contributed by atoms with Crippen LogP contribution in [-0.2, 0) is 6.54 Å². The Bertz CT molecular complexity index is 528. The standard InChI is InChI=1S/C16H26N4O2S/c1-17-5-3-2-4-15(17)12-19-8-6-18(7-9-19)11-14-10-16(20(21)22)23-13-14/h10,13,15H,2-9,11-12H2,1H3/t15-/m1/s1. The number of nitro groups is 1. The van der Waals surface area contributed by atoms with Crippen LogP contribution in [0.3, 0.4) is 0 Å². The zero-order chi connectivity index (χ0) is 16.2. The summed E-state index contributed by atoms with van der Waals surface area (Å²) in [5, 5.41) is 12.9. The van der Waals surface area contributed by atoms with E-state index in [0.29, 0.717) is 0 Å². The minimum Gasteiger partial charge on any atom is -0.302 e. The maximum Gasteiger partial charge on any atom is 0.324 e. The highest BCUT2D eigenvalue weighted by Gasteiger charge is 2.24. The number of rotatable bonds is 5. The maximum atomic E-state index is 10.8. The molecule has 6 nitrogen and oxygen atoms in total. The van der Waals surface area contributed by atoms with Gasteiger partial charge in [-0.1, -0.05) is 17.8 Å². The molecule has 0 unspecified atom stereocenters. The highest BCUT2D eigenvalue weighted by molar-refractivity contribution is 7.13. The molecule has 128 valence electrons. The molecule has 0 bridgehead atoms. The minimum absolute atomic E-state index is 0.249. The van der Waals surface area contributed by atoms with Gasteiger partial charge in [0, 0.05) is 56.8 Å². The molecule has 0 aliphatic carbocycles. The van der Waals surface area contributed by atoms with Crippen molar-refractivity contribution in [3.8, 4) is 0 Å². The maximum absolute atomic E-state index is 10.8. The molecule has 0 saturated carbocycles. The first kappa shape index (κ1) is 16.8. The van der Waals surface area contributed by atoms with Crippen LogP contribution in [0, 0.1) is 10.1 Å². The predicted molar refractivity (Wildman–Crippen MR) is 93.0 cm³/mol. The summed E-state index contributed by atoms with van der Waals surface area (Å²) in [5.74, 6) is 0. The number of hydrogen-bond donors (Lipinski definition) is 0. The number of piperazine rings is 1. The van der Waals surface area contributed by atoms with Gasteiger partial charge in [-0.3, -0.25) is 19.9 Å². The number of likely N-dealkylation sites (tertiary alicyclic amines) is 1. The molecule has 0 radical (unpaired) electrons. The van der Waals surface area contributed by atoms with Gasteiger partial charge in [-0.15, -0.1) is 0 Å². The Morgan fingerprint density at radius 2 is 1.96 bits per heavy atom. The molecule has 0 N–H and O–H groups in total. The molecule has 0 aromatic carbocycles. The third-order valence-electron chi connectivity index (χ3n) is 5.08. The van der Waals surface area contributed by atoms with Crippen LogP contribution in [0.5, 0.6) is 0 Å². The van der Waals surface area contributed by atoms with Gasteiger partial charge in [0.2, 0.25) is 0 Å². The molecule has 1 aromatic heterocycles. The van der Waals surface area contributed by atoms with Gasteiger partial charge in [-0.2, -0.15) is 0 Å². The Kier molecular flexibility index (Phi) is 5.63. The van der Waals surface area contributed by atoms with Gasteiger partial charge in [0.1, 0.15) is 0 Å². The second kappa shape index (κ2) is 7.70. The fraction of sp³-hybridized carbons (Fsp3) is 0.750. The van der Waals surface area contributed by atoms with Gasteiger partial charge < -0.3 is 4.90 Å². The van der Waals surface area contributed by atoms with E-state index < -0.39 is 0 Å². The first-order valence-corrected chi connectivity index (χ1v) is 9.36. The van der Waals surface area contributed by atoms with Crippen molar-refractivity contribution in [3.63, 3.8) is 0 Å². The molecule has 0 amide bonds. The van der Waals surface area contributed by atoms with Crippen LogP contribution >= 0.6 is 11.3 Å². The lowest BCUT2D eigenvalue weighted by molar-refractivity contribution is -0.380. The largest absolute Gasteiger partial charge is 0.324 e. The SMILES string of the molecule is CN1CCCC[C@@H]1CN1CCN(Cc2csc([N+](=O)[O-])c2)CC1. The van der Waals surface area contributed by atoms with E-state index >= 15 is 0 Å². The van der Waals surface area contributed by atoms with Crippen molar-refractivity contribution in [3.05, 3.63) is 27.1 Å². The number of hydrogen-bond acceptors (Lipinski definition) is 6. The van der Waals surface area contributed by atoms with Crippen molar-refractivity contribution in [1.82, 2.24) is 14.7 Å². The third-order valence-corrected chi connectivity index (χ3v) is 6.01. The fourth-order valence-corrected chi connectivity index (χ4v) is 4.32. The Labute approximate surface area is 141 Å². The highest BCUT2D eigenvalue weighted by Crippen LogP contribution is 2.24. The summed E-state index contributed by atoms with van der Waals surface area (Å²) in [4.78, 5) is 18.0. The molecule has 0 spiro atoms. The predicted octanol–water partition coefficient (Wildman–Crippen LogP) is 2.26. The summed E-state index contributed by atoms with van der Waals surface area (Å²) in [6, 6.07) is 2.43. The molecule has 1 atom stereocenters. The molecular formula is C16H26N4O2S. The lowest BCUT2D eigenvalue weighted by atomic mass is 10.0. The molecule has 23 heavy (non-hydrogen) atoms. The van der Waals surface area contributed by atoms with Crippen LogP contribution in [-0.4, -0.2) is 72.0 Å². The number of piperidine rings is 1. The summed E-state index contributed by atoms with van der Waals surface area (Å²) < 4.78 is 0. The number of likely N-dealkylation sites (N-methyl/N-ethyl adjacent to an activating group) is 1. The van der Waals surface area contributed by atoms with Crippen molar-refractivity contribution in [2.45, 2.75) is 31.8 Å². The van der Waals surface area contributed by atoms with Gasteiger partial charge in [0.15, 0.2) is 0 Å². The van der Waals surface area contributed by atoms with Gasteiger partial charge >= 0.3 is 5.00 Å². The Hall–Kier alpha value is -1.02.